The summed E-state index contributed by atoms with van der Waals surface area (Å²) in [7, 11) is 0. The first kappa shape index (κ1) is 56.1. The molecule has 20 heteroatoms. The fourth-order valence-electron chi connectivity index (χ4n) is 10.5. The van der Waals surface area contributed by atoms with E-state index in [0.29, 0.717) is 67.4 Å². The highest BCUT2D eigenvalue weighted by atomic mass is 19.4. The van der Waals surface area contributed by atoms with Crippen LogP contribution in [0.2, 0.25) is 0 Å². The summed E-state index contributed by atoms with van der Waals surface area (Å²) >= 11 is 0. The standard InChI is InChI=1S/C57H66F6N8O6/c1-31(2)24-37-17-14-35(26-41(37)39-19-21-43-45(28-39)67-51(65-43)47-11-9-23-71(47)53(73)49(33(5)6)69-55(75)77-30-57(61,62)63)13-16-36-15-12-34(7)25-40(36)38-18-20-42-44(27-38)66-50(64-42)46-10-8-22-70(46)52(72)48(32(3)4)68-54(74)76-29-56(58,59)60/h12,14-15,17-21,25-28,31-33,46-49H,8-11,13,16,22-24,29-30H2,1-7H3,(H,64,66)(H,65,67)(H,68,74)(H,69,75)/t46-,47-,48-,49-/m0/s1. The van der Waals surface area contributed by atoms with E-state index in [2.05, 4.69) is 105 Å². The number of aromatic nitrogens is 4. The van der Waals surface area contributed by atoms with Gasteiger partial charge in [-0.3, -0.25) is 9.59 Å². The molecule has 4 amide bonds. The van der Waals surface area contributed by atoms with Crippen molar-refractivity contribution in [2.24, 2.45) is 17.8 Å². The zero-order chi connectivity index (χ0) is 55.5. The molecule has 8 rings (SSSR count). The van der Waals surface area contributed by atoms with Crippen molar-refractivity contribution in [3.63, 3.8) is 0 Å². The molecule has 2 saturated heterocycles. The Hall–Kier alpha value is -7.12. The number of fused-ring (bicyclic) bond motifs is 2. The Balaban J connectivity index is 0.993. The lowest BCUT2D eigenvalue weighted by Crippen LogP contribution is -2.51. The van der Waals surface area contributed by atoms with E-state index in [1.54, 1.807) is 37.5 Å². The molecule has 412 valence electrons. The van der Waals surface area contributed by atoms with Gasteiger partial charge in [0.15, 0.2) is 13.2 Å². The Morgan fingerprint density at radius 1 is 0.623 bits per heavy atom. The number of aryl methyl sites for hydroxylation is 3. The maximum absolute atomic E-state index is 13.9. The number of hydrogen-bond acceptors (Lipinski definition) is 8. The molecule has 0 unspecified atom stereocenters. The highest BCUT2D eigenvalue weighted by Gasteiger charge is 2.40. The fraction of sp³-hybridized carbons (Fsp3) is 0.474. The first-order valence-electron chi connectivity index (χ1n) is 26.2. The van der Waals surface area contributed by atoms with E-state index >= 15 is 0 Å². The second-order valence-corrected chi connectivity index (χ2v) is 21.5. The van der Waals surface area contributed by atoms with Crippen molar-refractivity contribution < 1.29 is 55.0 Å². The Kier molecular flexibility index (Phi) is 16.9. The number of alkyl halides is 6. The minimum absolute atomic E-state index is 0.385. The number of nitrogens with one attached hydrogen (secondary N) is 4. The zero-order valence-corrected chi connectivity index (χ0v) is 44.3. The van der Waals surface area contributed by atoms with Crippen molar-refractivity contribution in [1.29, 1.82) is 0 Å². The second kappa shape index (κ2) is 23.2. The molecular formula is C57H66F6N8O6. The number of halogens is 6. The molecule has 0 spiro atoms. The number of amides is 4. The Labute approximate surface area is 443 Å². The number of likely N-dealkylation sites (tertiary alicyclic amines) is 2. The Morgan fingerprint density at radius 3 is 1.55 bits per heavy atom. The SMILES string of the molecule is Cc1ccc(CCc2ccc(CC(C)C)c(-c3ccc4nc([C@@H]5CCCN5C(=O)[C@@H](NC(=O)OCC(F)(F)F)C(C)C)[nH]c4c3)c2)c(-c2ccc3nc([C@@H]4CCCN4C(=O)[C@@H](NC(=O)OCC(F)(F)F)C(C)C)[nH]c3c2)c1. The van der Waals surface area contributed by atoms with Crippen LogP contribution in [0, 0.1) is 24.7 Å². The summed E-state index contributed by atoms with van der Waals surface area (Å²) in [4.78, 5) is 72.4. The van der Waals surface area contributed by atoms with Gasteiger partial charge in [-0.1, -0.05) is 95.6 Å². The van der Waals surface area contributed by atoms with Gasteiger partial charge in [0.05, 0.1) is 34.2 Å². The van der Waals surface area contributed by atoms with Gasteiger partial charge in [-0.2, -0.15) is 26.3 Å². The number of imidazole rings is 2. The maximum Gasteiger partial charge on any atom is 0.422 e. The lowest BCUT2D eigenvalue weighted by atomic mass is 9.89. The Morgan fingerprint density at radius 2 is 1.09 bits per heavy atom. The van der Waals surface area contributed by atoms with Crippen LogP contribution in [0.3, 0.4) is 0 Å². The third kappa shape index (κ3) is 13.7. The van der Waals surface area contributed by atoms with Crippen LogP contribution in [-0.2, 0) is 38.3 Å². The molecule has 2 fully saturated rings. The predicted molar refractivity (Wildman–Crippen MR) is 279 cm³/mol. The van der Waals surface area contributed by atoms with Crippen LogP contribution >= 0.6 is 0 Å². The molecule has 0 aliphatic carbocycles. The second-order valence-electron chi connectivity index (χ2n) is 21.5. The summed E-state index contributed by atoms with van der Waals surface area (Å²) < 4.78 is 85.1. The number of aromatic amines is 2. The average molecular weight is 1070 g/mol. The van der Waals surface area contributed by atoms with Crippen LogP contribution in [0.25, 0.3) is 44.3 Å². The number of H-pyrrole nitrogens is 2. The van der Waals surface area contributed by atoms with Crippen molar-refractivity contribution in [1.82, 2.24) is 40.4 Å². The third-order valence-corrected chi connectivity index (χ3v) is 14.2. The minimum atomic E-state index is -4.70. The van der Waals surface area contributed by atoms with E-state index < -0.39 is 85.6 Å². The molecule has 14 nitrogen and oxygen atoms in total. The highest BCUT2D eigenvalue weighted by Crippen LogP contribution is 2.37. The molecule has 0 saturated carbocycles. The molecule has 2 aliphatic rings. The van der Waals surface area contributed by atoms with Crippen LogP contribution in [0.15, 0.2) is 72.8 Å². The number of hydrogen-bond donors (Lipinski definition) is 4. The van der Waals surface area contributed by atoms with E-state index in [1.165, 1.54) is 5.56 Å². The third-order valence-electron chi connectivity index (χ3n) is 14.2. The summed E-state index contributed by atoms with van der Waals surface area (Å²) in [6.07, 6.45) is -7.14. The van der Waals surface area contributed by atoms with Crippen LogP contribution in [-0.4, -0.2) is 104 Å². The van der Waals surface area contributed by atoms with E-state index in [1.807, 2.05) is 18.2 Å². The van der Waals surface area contributed by atoms with Crippen LogP contribution in [0.5, 0.6) is 0 Å². The van der Waals surface area contributed by atoms with Crippen molar-refractivity contribution in [2.45, 2.75) is 130 Å². The first-order valence-corrected chi connectivity index (χ1v) is 26.2. The van der Waals surface area contributed by atoms with E-state index in [-0.39, 0.29) is 0 Å². The Bertz CT molecular complexity index is 3110. The summed E-state index contributed by atoms with van der Waals surface area (Å²) in [6.45, 7) is 10.5. The van der Waals surface area contributed by atoms with Gasteiger partial charge in [0.1, 0.15) is 23.7 Å². The van der Waals surface area contributed by atoms with Gasteiger partial charge in [-0.25, -0.2) is 19.6 Å². The van der Waals surface area contributed by atoms with Gasteiger partial charge < -0.3 is 39.9 Å². The van der Waals surface area contributed by atoms with E-state index in [4.69, 9.17) is 9.97 Å². The molecule has 4 N–H and O–H groups in total. The van der Waals surface area contributed by atoms with Gasteiger partial charge in [0.25, 0.3) is 0 Å². The fourth-order valence-corrected chi connectivity index (χ4v) is 10.5. The van der Waals surface area contributed by atoms with Crippen LogP contribution in [0.1, 0.15) is 113 Å². The molecule has 4 heterocycles. The van der Waals surface area contributed by atoms with Gasteiger partial charge >= 0.3 is 24.5 Å². The molecule has 2 aromatic heterocycles. The summed E-state index contributed by atoms with van der Waals surface area (Å²) in [6, 6.07) is 22.2. The maximum atomic E-state index is 13.9. The van der Waals surface area contributed by atoms with Crippen LogP contribution < -0.4 is 10.6 Å². The topological polar surface area (TPSA) is 175 Å². The van der Waals surface area contributed by atoms with Crippen molar-refractivity contribution in [3.05, 3.63) is 107 Å². The molecular weight excluding hydrogens is 1010 g/mol. The van der Waals surface area contributed by atoms with Crippen molar-refractivity contribution >= 4 is 46.1 Å². The van der Waals surface area contributed by atoms with Gasteiger partial charge in [0.2, 0.25) is 11.8 Å². The molecule has 2 aliphatic heterocycles. The monoisotopic (exact) mass is 1070 g/mol. The summed E-state index contributed by atoms with van der Waals surface area (Å²) in [5.74, 6) is -0.161. The highest BCUT2D eigenvalue weighted by molar-refractivity contribution is 5.89. The normalized spacial score (nSPS) is 17.0. The van der Waals surface area contributed by atoms with E-state index in [0.717, 1.165) is 69.2 Å². The molecule has 4 aromatic carbocycles. The molecule has 0 radical (unpaired) electrons. The number of benzene rings is 4. The average Bonchev–Trinajstić information content (AvgIpc) is 4.22. The molecule has 4 atom stereocenters. The lowest BCUT2D eigenvalue weighted by Gasteiger charge is -2.30. The number of carbonyl (C=O) groups excluding carboxylic acids is 4. The van der Waals surface area contributed by atoms with Crippen molar-refractivity contribution in [2.75, 3.05) is 26.3 Å². The minimum Gasteiger partial charge on any atom is -0.440 e. The van der Waals surface area contributed by atoms with E-state index in [9.17, 15) is 45.5 Å². The number of nitrogens with zero attached hydrogens (tertiary/aromatic N) is 4. The quantitative estimate of drug-likeness (QED) is 0.0653. The number of alkyl carbamates (subject to hydrolysis) is 2. The van der Waals surface area contributed by atoms with Gasteiger partial charge in [-0.05, 0) is 133 Å². The summed E-state index contributed by atoms with van der Waals surface area (Å²) in [5.41, 5.74) is 11.7. The zero-order valence-electron chi connectivity index (χ0n) is 44.3. The number of carbonyl (C=O) groups is 4. The van der Waals surface area contributed by atoms with Gasteiger partial charge in [0, 0.05) is 13.1 Å². The molecule has 6 aromatic rings. The predicted octanol–water partition coefficient (Wildman–Crippen LogP) is 12.0. The van der Waals surface area contributed by atoms with Gasteiger partial charge in [-0.15, -0.1) is 0 Å². The number of ether oxygens (including phenoxy) is 2. The first-order chi connectivity index (χ1) is 36.4. The number of rotatable bonds is 17. The van der Waals surface area contributed by atoms with Crippen molar-refractivity contribution in [3.8, 4) is 22.3 Å². The summed E-state index contributed by atoms with van der Waals surface area (Å²) in [5, 5.41) is 4.70. The smallest absolute Gasteiger partial charge is 0.422 e. The van der Waals surface area contributed by atoms with Crippen LogP contribution in [0.4, 0.5) is 35.9 Å². The molecule has 0 bridgehead atoms. The lowest BCUT2D eigenvalue weighted by molar-refractivity contribution is -0.161. The largest absolute Gasteiger partial charge is 0.440 e. The molecule has 77 heavy (non-hydrogen) atoms.